The molecule has 0 unspecified atom stereocenters. The second-order valence-corrected chi connectivity index (χ2v) is 7.99. The van der Waals surface area contributed by atoms with Crippen LogP contribution in [0.5, 0.6) is 0 Å². The summed E-state index contributed by atoms with van der Waals surface area (Å²) in [5.74, 6) is 0. The molecular weight excluding hydrogens is 428 g/mol. The Bertz CT molecular complexity index is 809. The highest BCUT2D eigenvalue weighted by molar-refractivity contribution is 8.93. The summed E-state index contributed by atoms with van der Waals surface area (Å²) in [5.41, 5.74) is 1.11. The molecule has 1 aromatic carbocycles. The van der Waals surface area contributed by atoms with Crippen LogP contribution in [0.25, 0.3) is 6.08 Å². The molecule has 0 aliphatic rings. The lowest BCUT2D eigenvalue weighted by Gasteiger charge is -2.08. The van der Waals surface area contributed by atoms with Crippen LogP contribution in [-0.2, 0) is 21.3 Å². The summed E-state index contributed by atoms with van der Waals surface area (Å²) in [6.45, 7) is 5.41. The molecule has 0 aliphatic heterocycles. The van der Waals surface area contributed by atoms with E-state index in [1.54, 1.807) is 18.3 Å². The van der Waals surface area contributed by atoms with E-state index in [0.29, 0.717) is 26.1 Å². The largest absolute Gasteiger partial charge is 0.379 e. The number of nitrogens with one attached hydrogen (secondary N) is 1. The molecule has 0 radical (unpaired) electrons. The zero-order valence-corrected chi connectivity index (χ0v) is 18.3. The monoisotopic (exact) mass is 455 g/mol. The summed E-state index contributed by atoms with van der Waals surface area (Å²) in [5, 5.41) is 0. The molecule has 5 nitrogen and oxygen atoms in total. The van der Waals surface area contributed by atoms with Crippen LogP contribution in [-0.4, -0.2) is 27.7 Å². The highest BCUT2D eigenvalue weighted by Gasteiger charge is 2.16. The van der Waals surface area contributed by atoms with Gasteiger partial charge in [0.1, 0.15) is 4.90 Å². The maximum atomic E-state index is 12.4. The molecule has 0 saturated heterocycles. The Morgan fingerprint density at radius 2 is 1.89 bits per heavy atom. The molecule has 1 aromatic heterocycles. The molecule has 1 N–H and O–H groups in total. The molecular formula is C20H28BrN2O3S+. The fourth-order valence-electron chi connectivity index (χ4n) is 2.33. The average molecular weight is 456 g/mol. The van der Waals surface area contributed by atoms with E-state index in [1.165, 1.54) is 0 Å². The Kier molecular flexibility index (Phi) is 10.5. The number of halogens is 1. The zero-order valence-electron chi connectivity index (χ0n) is 15.7. The van der Waals surface area contributed by atoms with Gasteiger partial charge >= 0.3 is 0 Å². The van der Waals surface area contributed by atoms with Gasteiger partial charge in [-0.05, 0) is 38.0 Å². The number of ether oxygens (including phenoxy) is 1. The number of allylic oxidation sites excluding steroid dienone is 1. The van der Waals surface area contributed by atoms with Crippen LogP contribution in [0.3, 0.4) is 0 Å². The van der Waals surface area contributed by atoms with Crippen molar-refractivity contribution < 1.29 is 17.7 Å². The molecule has 0 fully saturated rings. The number of rotatable bonds is 10. The van der Waals surface area contributed by atoms with Crippen LogP contribution < -0.4 is 9.29 Å². The van der Waals surface area contributed by atoms with E-state index in [1.807, 2.05) is 67.1 Å². The van der Waals surface area contributed by atoms with Crippen molar-refractivity contribution in [3.63, 3.8) is 0 Å². The smallest absolute Gasteiger partial charge is 0.246 e. The van der Waals surface area contributed by atoms with Crippen molar-refractivity contribution in [1.82, 2.24) is 4.72 Å². The SMILES string of the molecule is Br.CC(C)OCCCNS(=O)(=O)c1ccc[n+](C/C=C\c2ccccc2)c1. The number of hydrogen-bond acceptors (Lipinski definition) is 3. The Hall–Kier alpha value is -1.54. The van der Waals surface area contributed by atoms with Crippen molar-refractivity contribution in [2.24, 2.45) is 0 Å². The molecule has 0 aliphatic carbocycles. The standard InChI is InChI=1S/C20H27N2O3S.BrH/c1-18(2)25-16-8-13-21-26(23,24)20-12-7-15-22(17-20)14-6-11-19-9-4-3-5-10-19;/h3-7,9-12,15,17-18,21H,8,13-14,16H2,1-2H3;1H/q+1;/b11-6-;. The van der Waals surface area contributed by atoms with Crippen molar-refractivity contribution in [3.8, 4) is 0 Å². The van der Waals surface area contributed by atoms with Gasteiger partial charge in [0, 0.05) is 19.2 Å². The van der Waals surface area contributed by atoms with Crippen molar-refractivity contribution in [2.75, 3.05) is 13.2 Å². The second kappa shape index (κ2) is 12.0. The van der Waals surface area contributed by atoms with E-state index in [0.717, 1.165) is 5.56 Å². The van der Waals surface area contributed by atoms with Gasteiger partial charge in [0.25, 0.3) is 0 Å². The molecule has 2 aromatic rings. The molecule has 148 valence electrons. The number of sulfonamides is 1. The predicted octanol–water partition coefficient (Wildman–Crippen LogP) is 3.36. The van der Waals surface area contributed by atoms with Gasteiger partial charge in [0.2, 0.25) is 10.0 Å². The molecule has 0 spiro atoms. The Morgan fingerprint density at radius 3 is 2.59 bits per heavy atom. The van der Waals surface area contributed by atoms with Crippen molar-refractivity contribution >= 4 is 33.1 Å². The predicted molar refractivity (Wildman–Crippen MR) is 113 cm³/mol. The first kappa shape index (κ1) is 23.5. The summed E-state index contributed by atoms with van der Waals surface area (Å²) in [4.78, 5) is 0.262. The van der Waals surface area contributed by atoms with Crippen molar-refractivity contribution in [2.45, 2.75) is 37.8 Å². The zero-order chi connectivity index (χ0) is 18.8. The quantitative estimate of drug-likeness (QED) is 0.441. The van der Waals surface area contributed by atoms with E-state index >= 15 is 0 Å². The first-order valence-corrected chi connectivity index (χ1v) is 10.3. The summed E-state index contributed by atoms with van der Waals surface area (Å²) in [6, 6.07) is 13.3. The highest BCUT2D eigenvalue weighted by atomic mass is 79.9. The average Bonchev–Trinajstić information content (AvgIpc) is 2.62. The van der Waals surface area contributed by atoms with E-state index in [9.17, 15) is 8.42 Å². The fourth-order valence-corrected chi connectivity index (χ4v) is 3.44. The molecule has 27 heavy (non-hydrogen) atoms. The van der Waals surface area contributed by atoms with Gasteiger partial charge in [-0.3, -0.25) is 0 Å². The van der Waals surface area contributed by atoms with Gasteiger partial charge in [-0.25, -0.2) is 17.7 Å². The number of pyridine rings is 1. The molecule has 0 saturated carbocycles. The van der Waals surface area contributed by atoms with Crippen LogP contribution in [0.15, 0.2) is 65.8 Å². The molecule has 1 heterocycles. The maximum Gasteiger partial charge on any atom is 0.246 e. The third-order valence-electron chi connectivity index (χ3n) is 3.63. The van der Waals surface area contributed by atoms with Gasteiger partial charge < -0.3 is 4.74 Å². The lowest BCUT2D eigenvalue weighted by molar-refractivity contribution is -0.688. The summed E-state index contributed by atoms with van der Waals surface area (Å²) in [7, 11) is -3.51. The number of nitrogens with zero attached hydrogens (tertiary/aromatic N) is 1. The number of aromatic nitrogens is 1. The minimum absolute atomic E-state index is 0. The minimum Gasteiger partial charge on any atom is -0.379 e. The van der Waals surface area contributed by atoms with Crippen molar-refractivity contribution in [3.05, 3.63) is 66.5 Å². The summed E-state index contributed by atoms with van der Waals surface area (Å²) >= 11 is 0. The summed E-state index contributed by atoms with van der Waals surface area (Å²) < 4.78 is 34.7. The fraction of sp³-hybridized carbons (Fsp3) is 0.350. The second-order valence-electron chi connectivity index (χ2n) is 6.22. The van der Waals surface area contributed by atoms with Gasteiger partial charge in [0.15, 0.2) is 18.9 Å². The van der Waals surface area contributed by atoms with Crippen LogP contribution in [0.1, 0.15) is 25.8 Å². The van der Waals surface area contributed by atoms with Gasteiger partial charge in [0.05, 0.1) is 6.10 Å². The lowest BCUT2D eigenvalue weighted by atomic mass is 10.2. The van der Waals surface area contributed by atoms with Crippen LogP contribution in [0.2, 0.25) is 0 Å². The van der Waals surface area contributed by atoms with Gasteiger partial charge in [-0.1, -0.05) is 36.4 Å². The van der Waals surface area contributed by atoms with E-state index < -0.39 is 10.0 Å². The Balaban J connectivity index is 0.00000364. The molecule has 0 bridgehead atoms. The number of benzene rings is 1. The molecule has 7 heteroatoms. The Labute approximate surface area is 172 Å². The van der Waals surface area contributed by atoms with E-state index in [-0.39, 0.29) is 28.0 Å². The van der Waals surface area contributed by atoms with Crippen LogP contribution in [0, 0.1) is 0 Å². The van der Waals surface area contributed by atoms with Crippen molar-refractivity contribution in [1.29, 1.82) is 0 Å². The molecule has 0 amide bonds. The molecule has 0 atom stereocenters. The minimum atomic E-state index is -3.51. The third-order valence-corrected chi connectivity index (χ3v) is 5.08. The first-order chi connectivity index (χ1) is 12.5. The lowest BCUT2D eigenvalue weighted by Crippen LogP contribution is -2.34. The molecule has 2 rings (SSSR count). The van der Waals surface area contributed by atoms with Crippen LogP contribution in [0.4, 0.5) is 0 Å². The highest BCUT2D eigenvalue weighted by Crippen LogP contribution is 2.05. The normalized spacial score (nSPS) is 11.7. The van der Waals surface area contributed by atoms with E-state index in [4.69, 9.17) is 4.74 Å². The maximum absolute atomic E-state index is 12.4. The first-order valence-electron chi connectivity index (χ1n) is 8.79. The third kappa shape index (κ3) is 8.79. The van der Waals surface area contributed by atoms with E-state index in [2.05, 4.69) is 4.72 Å². The number of hydrogen-bond donors (Lipinski definition) is 1. The van der Waals surface area contributed by atoms with Crippen LogP contribution >= 0.6 is 17.0 Å². The van der Waals surface area contributed by atoms with Gasteiger partial charge in [-0.2, -0.15) is 0 Å². The van der Waals surface area contributed by atoms with Gasteiger partial charge in [-0.15, -0.1) is 17.0 Å². The Morgan fingerprint density at radius 1 is 1.15 bits per heavy atom. The topological polar surface area (TPSA) is 59.3 Å². The summed E-state index contributed by atoms with van der Waals surface area (Å²) in [6.07, 6.45) is 8.31.